The quantitative estimate of drug-likeness (QED) is 0.935. The fraction of sp³-hybridized carbons (Fsp3) is 0.368. The number of fused-ring (bicyclic) bond motifs is 1. The number of carbonyl (C=O) groups excluding carboxylic acids is 1. The lowest BCUT2D eigenvalue weighted by molar-refractivity contribution is 0.194. The Hall–Kier alpha value is -2.76. The van der Waals surface area contributed by atoms with Gasteiger partial charge in [-0.15, -0.1) is 0 Å². The Morgan fingerprint density at radius 2 is 2.20 bits per heavy atom. The molecule has 1 unspecified atom stereocenters. The van der Waals surface area contributed by atoms with Crippen LogP contribution in [-0.2, 0) is 6.42 Å². The summed E-state index contributed by atoms with van der Waals surface area (Å²) in [4.78, 5) is 20.7. The highest BCUT2D eigenvalue weighted by atomic mass is 16.5. The number of rotatable bonds is 3. The van der Waals surface area contributed by atoms with Crippen molar-refractivity contribution in [2.24, 2.45) is 0 Å². The number of pyridine rings is 1. The molecule has 6 nitrogen and oxygen atoms in total. The summed E-state index contributed by atoms with van der Waals surface area (Å²) in [6.45, 7) is 2.29. The molecule has 0 saturated carbocycles. The Labute approximate surface area is 147 Å². The van der Waals surface area contributed by atoms with E-state index >= 15 is 0 Å². The van der Waals surface area contributed by atoms with Crippen molar-refractivity contribution in [2.75, 3.05) is 36.9 Å². The zero-order valence-corrected chi connectivity index (χ0v) is 14.3. The van der Waals surface area contributed by atoms with Crippen LogP contribution in [0.5, 0.6) is 5.75 Å². The second kappa shape index (κ2) is 6.63. The van der Waals surface area contributed by atoms with Crippen molar-refractivity contribution in [1.82, 2.24) is 9.88 Å². The number of hydrogen-bond donors (Lipinski definition) is 1. The molecule has 1 aromatic heterocycles. The molecule has 2 aromatic rings. The Balaban J connectivity index is 1.38. The molecular formula is C19H22N4O2. The molecule has 1 N–H and O–H groups in total. The van der Waals surface area contributed by atoms with E-state index in [1.165, 1.54) is 11.3 Å². The van der Waals surface area contributed by atoms with Gasteiger partial charge in [0.1, 0.15) is 11.9 Å². The van der Waals surface area contributed by atoms with Gasteiger partial charge in [0.25, 0.3) is 0 Å². The molecule has 0 radical (unpaired) electrons. The zero-order chi connectivity index (χ0) is 17.2. The van der Waals surface area contributed by atoms with E-state index < -0.39 is 0 Å². The van der Waals surface area contributed by atoms with Crippen molar-refractivity contribution in [3.63, 3.8) is 0 Å². The van der Waals surface area contributed by atoms with Gasteiger partial charge in [0.15, 0.2) is 0 Å². The van der Waals surface area contributed by atoms with Gasteiger partial charge in [0.2, 0.25) is 0 Å². The SMILES string of the molecule is CN1CCc2c(NC(=O)N3CCC(Oc4cccnc4)C3)cccc21. The van der Waals surface area contributed by atoms with Crippen LogP contribution in [0.25, 0.3) is 0 Å². The number of likely N-dealkylation sites (tertiary alicyclic amines) is 1. The monoisotopic (exact) mass is 338 g/mol. The highest BCUT2D eigenvalue weighted by molar-refractivity contribution is 5.92. The number of anilines is 2. The third-order valence-electron chi connectivity index (χ3n) is 4.87. The smallest absolute Gasteiger partial charge is 0.321 e. The number of likely N-dealkylation sites (N-methyl/N-ethyl adjacent to an activating group) is 1. The van der Waals surface area contributed by atoms with Crippen LogP contribution in [0.2, 0.25) is 0 Å². The van der Waals surface area contributed by atoms with Crippen molar-refractivity contribution in [2.45, 2.75) is 18.9 Å². The summed E-state index contributed by atoms with van der Waals surface area (Å²) in [6, 6.07) is 9.76. The largest absolute Gasteiger partial charge is 0.487 e. The van der Waals surface area contributed by atoms with Crippen LogP contribution in [0.3, 0.4) is 0 Å². The van der Waals surface area contributed by atoms with Crippen LogP contribution in [0.1, 0.15) is 12.0 Å². The molecule has 1 atom stereocenters. The van der Waals surface area contributed by atoms with Crippen molar-refractivity contribution in [3.8, 4) is 5.75 Å². The van der Waals surface area contributed by atoms with Crippen molar-refractivity contribution in [3.05, 3.63) is 48.3 Å². The second-order valence-corrected chi connectivity index (χ2v) is 6.57. The van der Waals surface area contributed by atoms with Crippen LogP contribution in [0.4, 0.5) is 16.2 Å². The van der Waals surface area contributed by atoms with E-state index in [1.807, 2.05) is 29.2 Å². The molecule has 0 aliphatic carbocycles. The van der Waals surface area contributed by atoms with Crippen LogP contribution in [0.15, 0.2) is 42.7 Å². The topological polar surface area (TPSA) is 57.7 Å². The number of carbonyl (C=O) groups is 1. The maximum atomic E-state index is 12.6. The standard InChI is InChI=1S/C19H22N4O2/c1-22-10-8-16-17(5-2-6-18(16)22)21-19(24)23-11-7-15(13-23)25-14-4-3-9-20-12-14/h2-6,9,12,15H,7-8,10-11,13H2,1H3,(H,21,24). The van der Waals surface area contributed by atoms with E-state index in [1.54, 1.807) is 12.4 Å². The zero-order valence-electron chi connectivity index (χ0n) is 14.3. The van der Waals surface area contributed by atoms with E-state index in [-0.39, 0.29) is 12.1 Å². The second-order valence-electron chi connectivity index (χ2n) is 6.57. The highest BCUT2D eigenvalue weighted by Crippen LogP contribution is 2.32. The number of benzene rings is 1. The van der Waals surface area contributed by atoms with E-state index in [2.05, 4.69) is 28.3 Å². The van der Waals surface area contributed by atoms with Crippen LogP contribution in [-0.4, -0.2) is 48.7 Å². The van der Waals surface area contributed by atoms with Gasteiger partial charge in [-0.3, -0.25) is 4.98 Å². The van der Waals surface area contributed by atoms with Crippen LogP contribution < -0.4 is 15.0 Å². The van der Waals surface area contributed by atoms with Gasteiger partial charge in [0, 0.05) is 49.7 Å². The maximum absolute atomic E-state index is 12.6. The van der Waals surface area contributed by atoms with E-state index in [4.69, 9.17) is 4.74 Å². The molecule has 25 heavy (non-hydrogen) atoms. The molecular weight excluding hydrogens is 316 g/mol. The average Bonchev–Trinajstić information content (AvgIpc) is 3.24. The first-order valence-corrected chi connectivity index (χ1v) is 8.66. The average molecular weight is 338 g/mol. The first-order valence-electron chi connectivity index (χ1n) is 8.66. The van der Waals surface area contributed by atoms with Gasteiger partial charge < -0.3 is 19.9 Å². The lowest BCUT2D eigenvalue weighted by Crippen LogP contribution is -2.34. The molecule has 2 aliphatic rings. The summed E-state index contributed by atoms with van der Waals surface area (Å²) < 4.78 is 5.90. The summed E-state index contributed by atoms with van der Waals surface area (Å²) >= 11 is 0. The fourth-order valence-corrected chi connectivity index (χ4v) is 3.52. The summed E-state index contributed by atoms with van der Waals surface area (Å²) in [6.07, 6.45) is 5.23. The molecule has 3 heterocycles. The Bertz CT molecular complexity index is 765. The number of nitrogens with one attached hydrogen (secondary N) is 1. The lowest BCUT2D eigenvalue weighted by atomic mass is 10.1. The molecule has 6 heteroatoms. The van der Waals surface area contributed by atoms with Gasteiger partial charge in [-0.2, -0.15) is 0 Å². The van der Waals surface area contributed by atoms with E-state index in [0.29, 0.717) is 13.1 Å². The number of amides is 2. The normalized spacial score (nSPS) is 19.0. The number of nitrogens with zero attached hydrogens (tertiary/aromatic N) is 3. The summed E-state index contributed by atoms with van der Waals surface area (Å²) in [5.41, 5.74) is 3.35. The molecule has 0 bridgehead atoms. The van der Waals surface area contributed by atoms with Gasteiger partial charge in [-0.05, 0) is 30.7 Å². The van der Waals surface area contributed by atoms with Crippen molar-refractivity contribution in [1.29, 1.82) is 0 Å². The Morgan fingerprint density at radius 1 is 1.28 bits per heavy atom. The van der Waals surface area contributed by atoms with E-state index in [0.717, 1.165) is 30.8 Å². The predicted molar refractivity (Wildman–Crippen MR) is 97.3 cm³/mol. The minimum absolute atomic E-state index is 0.0163. The number of ether oxygens (including phenoxy) is 1. The van der Waals surface area contributed by atoms with Gasteiger partial charge in [0.05, 0.1) is 12.7 Å². The minimum Gasteiger partial charge on any atom is -0.487 e. The number of aromatic nitrogens is 1. The van der Waals surface area contributed by atoms with Gasteiger partial charge >= 0.3 is 6.03 Å². The van der Waals surface area contributed by atoms with Crippen LogP contribution >= 0.6 is 0 Å². The molecule has 4 rings (SSSR count). The first-order chi connectivity index (χ1) is 12.2. The van der Waals surface area contributed by atoms with Gasteiger partial charge in [-0.25, -0.2) is 4.79 Å². The molecule has 130 valence electrons. The lowest BCUT2D eigenvalue weighted by Gasteiger charge is -2.19. The molecule has 2 amide bonds. The summed E-state index contributed by atoms with van der Waals surface area (Å²) in [5, 5.41) is 3.08. The summed E-state index contributed by atoms with van der Waals surface area (Å²) in [7, 11) is 2.08. The van der Waals surface area contributed by atoms with Crippen molar-refractivity contribution < 1.29 is 9.53 Å². The third kappa shape index (κ3) is 3.24. The Kier molecular flexibility index (Phi) is 4.17. The molecule has 2 aliphatic heterocycles. The predicted octanol–water partition coefficient (Wildman–Crippen LogP) is 2.76. The fourth-order valence-electron chi connectivity index (χ4n) is 3.52. The molecule has 1 saturated heterocycles. The molecule has 0 spiro atoms. The summed E-state index contributed by atoms with van der Waals surface area (Å²) in [5.74, 6) is 0.749. The molecule has 1 aromatic carbocycles. The van der Waals surface area contributed by atoms with E-state index in [9.17, 15) is 4.79 Å². The maximum Gasteiger partial charge on any atom is 0.321 e. The van der Waals surface area contributed by atoms with Crippen LogP contribution in [0, 0.1) is 0 Å². The third-order valence-corrected chi connectivity index (χ3v) is 4.87. The molecule has 1 fully saturated rings. The number of urea groups is 1. The first kappa shape index (κ1) is 15.7. The number of hydrogen-bond acceptors (Lipinski definition) is 4. The highest BCUT2D eigenvalue weighted by Gasteiger charge is 2.28. The Morgan fingerprint density at radius 3 is 3.04 bits per heavy atom. The van der Waals surface area contributed by atoms with Gasteiger partial charge in [-0.1, -0.05) is 6.07 Å². The minimum atomic E-state index is -0.0553. The van der Waals surface area contributed by atoms with Crippen molar-refractivity contribution >= 4 is 17.4 Å².